The molecule has 2 aromatic heterocycles. The van der Waals surface area contributed by atoms with Crippen LogP contribution in [-0.2, 0) is 19.9 Å². The van der Waals surface area contributed by atoms with Crippen LogP contribution < -0.4 is 10.0 Å². The first-order valence-electron chi connectivity index (χ1n) is 7.43. The van der Waals surface area contributed by atoms with Gasteiger partial charge >= 0.3 is 0 Å². The summed E-state index contributed by atoms with van der Waals surface area (Å²) in [6.07, 6.45) is 0.504. The molecular weight excluding hydrogens is 370 g/mol. The number of rotatable bonds is 5. The number of nitrogens with one attached hydrogen (secondary N) is 2. The third-order valence-corrected chi connectivity index (χ3v) is 7.09. The third kappa shape index (κ3) is 3.90. The number of sulfonamides is 1. The lowest BCUT2D eigenvalue weighted by Crippen LogP contribution is -2.21. The summed E-state index contributed by atoms with van der Waals surface area (Å²) in [5, 5.41) is 14.3. The predicted octanol–water partition coefficient (Wildman–Crippen LogP) is 0.481. The van der Waals surface area contributed by atoms with Gasteiger partial charge in [0.25, 0.3) is 10.0 Å². The molecule has 0 amide bonds. The van der Waals surface area contributed by atoms with E-state index in [4.69, 9.17) is 4.52 Å². The Hall–Kier alpha value is -2.21. The molecule has 2 N–H and O–H groups in total. The maximum absolute atomic E-state index is 12.4. The molecule has 3 heterocycles. The molecule has 12 heteroatoms. The molecular formula is C13H17N5O5S2. The molecule has 1 unspecified atom stereocenters. The second-order valence-electron chi connectivity index (χ2n) is 5.81. The van der Waals surface area contributed by atoms with E-state index in [1.54, 1.807) is 0 Å². The van der Waals surface area contributed by atoms with Crippen molar-refractivity contribution >= 4 is 31.5 Å². The Labute approximate surface area is 145 Å². The van der Waals surface area contributed by atoms with Gasteiger partial charge in [-0.1, -0.05) is 5.16 Å². The van der Waals surface area contributed by atoms with E-state index in [9.17, 15) is 16.8 Å². The van der Waals surface area contributed by atoms with Crippen molar-refractivity contribution in [1.82, 2.24) is 15.4 Å². The molecule has 1 aliphatic heterocycles. The highest BCUT2D eigenvalue weighted by atomic mass is 32.2. The first-order valence-corrected chi connectivity index (χ1v) is 10.7. The molecule has 1 atom stereocenters. The van der Waals surface area contributed by atoms with Crippen LogP contribution in [0.2, 0.25) is 0 Å². The molecule has 0 saturated carbocycles. The average molecular weight is 387 g/mol. The molecule has 0 bridgehead atoms. The number of aryl methyl sites for hydroxylation is 2. The van der Waals surface area contributed by atoms with Crippen LogP contribution in [0.25, 0.3) is 0 Å². The SMILES string of the molecule is Cc1noc(C)c1S(=O)(=O)Nc1ccc(NC2CCS(=O)(=O)C2)nn1. The summed E-state index contributed by atoms with van der Waals surface area (Å²) in [5.74, 6) is 0.786. The number of aromatic nitrogens is 3. The number of anilines is 2. The highest BCUT2D eigenvalue weighted by Gasteiger charge is 2.28. The van der Waals surface area contributed by atoms with Crippen molar-refractivity contribution in [3.63, 3.8) is 0 Å². The van der Waals surface area contributed by atoms with E-state index >= 15 is 0 Å². The van der Waals surface area contributed by atoms with Gasteiger partial charge in [0.15, 0.2) is 26.3 Å². The number of hydrogen-bond donors (Lipinski definition) is 2. The normalized spacial score (nSPS) is 19.7. The Morgan fingerprint density at radius 3 is 2.40 bits per heavy atom. The smallest absolute Gasteiger partial charge is 0.268 e. The summed E-state index contributed by atoms with van der Waals surface area (Å²) in [6, 6.07) is 2.75. The lowest BCUT2D eigenvalue weighted by Gasteiger charge is -2.11. The summed E-state index contributed by atoms with van der Waals surface area (Å²) in [6.45, 7) is 3.03. The highest BCUT2D eigenvalue weighted by Crippen LogP contribution is 2.22. The van der Waals surface area contributed by atoms with Crippen LogP contribution in [0.4, 0.5) is 11.6 Å². The second kappa shape index (κ2) is 6.26. The first-order chi connectivity index (χ1) is 11.7. The molecule has 0 spiro atoms. The van der Waals surface area contributed by atoms with Gasteiger partial charge in [0.05, 0.1) is 11.5 Å². The van der Waals surface area contributed by atoms with E-state index in [1.165, 1.54) is 26.0 Å². The Balaban J connectivity index is 1.71. The first kappa shape index (κ1) is 17.6. The Morgan fingerprint density at radius 1 is 1.20 bits per heavy atom. The summed E-state index contributed by atoms with van der Waals surface area (Å²) in [7, 11) is -6.89. The van der Waals surface area contributed by atoms with Gasteiger partial charge in [-0.2, -0.15) is 0 Å². The minimum absolute atomic E-state index is 0.0320. The monoisotopic (exact) mass is 387 g/mol. The zero-order valence-corrected chi connectivity index (χ0v) is 15.2. The van der Waals surface area contributed by atoms with E-state index in [-0.39, 0.29) is 39.7 Å². The van der Waals surface area contributed by atoms with E-state index < -0.39 is 19.9 Å². The van der Waals surface area contributed by atoms with Gasteiger partial charge in [-0.15, -0.1) is 10.2 Å². The third-order valence-electron chi connectivity index (χ3n) is 3.72. The summed E-state index contributed by atoms with van der Waals surface area (Å²) >= 11 is 0. The van der Waals surface area contributed by atoms with Crippen molar-refractivity contribution in [3.05, 3.63) is 23.6 Å². The van der Waals surface area contributed by atoms with Crippen molar-refractivity contribution in [2.75, 3.05) is 21.5 Å². The van der Waals surface area contributed by atoms with E-state index in [0.29, 0.717) is 12.2 Å². The maximum Gasteiger partial charge on any atom is 0.268 e. The van der Waals surface area contributed by atoms with Crippen LogP contribution in [0.5, 0.6) is 0 Å². The van der Waals surface area contributed by atoms with Crippen LogP contribution in [0.3, 0.4) is 0 Å². The fourth-order valence-electron chi connectivity index (χ4n) is 2.63. The second-order valence-corrected chi connectivity index (χ2v) is 9.65. The highest BCUT2D eigenvalue weighted by molar-refractivity contribution is 7.92. The van der Waals surface area contributed by atoms with Gasteiger partial charge in [0.1, 0.15) is 11.5 Å². The van der Waals surface area contributed by atoms with Crippen LogP contribution in [0.1, 0.15) is 17.9 Å². The van der Waals surface area contributed by atoms with Crippen LogP contribution >= 0.6 is 0 Å². The summed E-state index contributed by atoms with van der Waals surface area (Å²) in [4.78, 5) is -0.0346. The average Bonchev–Trinajstić information content (AvgIpc) is 3.03. The lowest BCUT2D eigenvalue weighted by atomic mass is 10.2. The fourth-order valence-corrected chi connectivity index (χ4v) is 5.63. The number of nitrogens with zero attached hydrogens (tertiary/aromatic N) is 3. The Bertz CT molecular complexity index is 963. The van der Waals surface area contributed by atoms with Gasteiger partial charge < -0.3 is 9.84 Å². The molecule has 1 fully saturated rings. The van der Waals surface area contributed by atoms with Crippen molar-refractivity contribution in [1.29, 1.82) is 0 Å². The zero-order valence-electron chi connectivity index (χ0n) is 13.6. The predicted molar refractivity (Wildman–Crippen MR) is 89.5 cm³/mol. The molecule has 3 rings (SSSR count). The molecule has 10 nitrogen and oxygen atoms in total. The number of hydrogen-bond acceptors (Lipinski definition) is 9. The molecule has 1 saturated heterocycles. The Morgan fingerprint density at radius 2 is 1.88 bits per heavy atom. The van der Waals surface area contributed by atoms with Gasteiger partial charge in [0, 0.05) is 6.04 Å². The summed E-state index contributed by atoms with van der Waals surface area (Å²) in [5.41, 5.74) is 0.249. The molecule has 1 aliphatic rings. The van der Waals surface area contributed by atoms with Crippen molar-refractivity contribution in [2.45, 2.75) is 31.2 Å². The van der Waals surface area contributed by atoms with Gasteiger partial charge in [-0.25, -0.2) is 16.8 Å². The lowest BCUT2D eigenvalue weighted by molar-refractivity contribution is 0.390. The standard InChI is InChI=1S/C13H17N5O5S2/c1-8-13(9(2)23-17-8)25(21,22)18-12-4-3-11(15-16-12)14-10-5-6-24(19,20)7-10/h3-4,10H,5-7H2,1-2H3,(H,14,15)(H,16,18). The number of sulfone groups is 1. The van der Waals surface area contributed by atoms with Crippen molar-refractivity contribution in [3.8, 4) is 0 Å². The quantitative estimate of drug-likeness (QED) is 0.748. The van der Waals surface area contributed by atoms with Crippen LogP contribution in [-0.4, -0.2) is 49.7 Å². The Kier molecular flexibility index (Phi) is 4.41. The van der Waals surface area contributed by atoms with Crippen LogP contribution in [0.15, 0.2) is 21.6 Å². The molecule has 2 aromatic rings. The van der Waals surface area contributed by atoms with E-state index in [0.717, 1.165) is 0 Å². The minimum atomic E-state index is -3.89. The van der Waals surface area contributed by atoms with E-state index in [2.05, 4.69) is 25.4 Å². The molecule has 136 valence electrons. The molecule has 0 aliphatic carbocycles. The summed E-state index contributed by atoms with van der Waals surface area (Å²) < 4.78 is 54.8. The van der Waals surface area contributed by atoms with Gasteiger partial charge in [-0.05, 0) is 32.4 Å². The largest absolute Gasteiger partial charge is 0.365 e. The topological polar surface area (TPSA) is 144 Å². The maximum atomic E-state index is 12.4. The van der Waals surface area contributed by atoms with Gasteiger partial charge in [0.2, 0.25) is 0 Å². The van der Waals surface area contributed by atoms with Crippen molar-refractivity contribution in [2.24, 2.45) is 0 Å². The molecule has 0 aromatic carbocycles. The van der Waals surface area contributed by atoms with E-state index in [1.807, 2.05) is 0 Å². The van der Waals surface area contributed by atoms with Crippen LogP contribution in [0, 0.1) is 13.8 Å². The molecule has 0 radical (unpaired) electrons. The minimum Gasteiger partial charge on any atom is -0.365 e. The van der Waals surface area contributed by atoms with Crippen molar-refractivity contribution < 1.29 is 21.4 Å². The van der Waals surface area contributed by atoms with Gasteiger partial charge in [-0.3, -0.25) is 4.72 Å². The zero-order chi connectivity index (χ0) is 18.2. The fraction of sp³-hybridized carbons (Fsp3) is 0.462. The molecule has 25 heavy (non-hydrogen) atoms.